The summed E-state index contributed by atoms with van der Waals surface area (Å²) in [5, 5.41) is 0. The van der Waals surface area contributed by atoms with Gasteiger partial charge in [-0.15, -0.1) is 6.42 Å². The molecule has 0 atom stereocenters. The standard InChI is InChI=1S/C15H14O/c1-3-14-10-7-8-12-15(14)11-6-4-5-9-13(2)16/h1,7-8,10,12H,4-5,9H2,2H3. The van der Waals surface area contributed by atoms with Crippen LogP contribution < -0.4 is 0 Å². The summed E-state index contributed by atoms with van der Waals surface area (Å²) in [6, 6.07) is 7.60. The van der Waals surface area contributed by atoms with Crippen molar-refractivity contribution in [2.45, 2.75) is 26.2 Å². The van der Waals surface area contributed by atoms with Crippen LogP contribution in [0.3, 0.4) is 0 Å². The lowest BCUT2D eigenvalue weighted by atomic mass is 10.1. The lowest BCUT2D eigenvalue weighted by Gasteiger charge is -1.94. The molecule has 0 fully saturated rings. The molecular weight excluding hydrogens is 196 g/mol. The molecule has 1 aromatic rings. The smallest absolute Gasteiger partial charge is 0.129 e. The average molecular weight is 210 g/mol. The van der Waals surface area contributed by atoms with Crippen molar-refractivity contribution < 1.29 is 4.79 Å². The molecule has 0 saturated heterocycles. The third-order valence-corrected chi connectivity index (χ3v) is 2.14. The van der Waals surface area contributed by atoms with E-state index in [0.29, 0.717) is 6.42 Å². The molecule has 0 amide bonds. The minimum absolute atomic E-state index is 0.214. The zero-order chi connectivity index (χ0) is 11.8. The molecule has 0 radical (unpaired) electrons. The van der Waals surface area contributed by atoms with Crippen molar-refractivity contribution in [3.63, 3.8) is 0 Å². The number of carbonyl (C=O) groups is 1. The van der Waals surface area contributed by atoms with E-state index in [4.69, 9.17) is 6.42 Å². The summed E-state index contributed by atoms with van der Waals surface area (Å²) >= 11 is 0. The molecule has 0 saturated carbocycles. The molecule has 0 bridgehead atoms. The minimum atomic E-state index is 0.214. The second-order valence-corrected chi connectivity index (χ2v) is 3.55. The quantitative estimate of drug-likeness (QED) is 0.554. The average Bonchev–Trinajstić information content (AvgIpc) is 2.29. The van der Waals surface area contributed by atoms with Gasteiger partial charge < -0.3 is 4.79 Å². The van der Waals surface area contributed by atoms with Crippen molar-refractivity contribution in [3.8, 4) is 24.2 Å². The maximum absolute atomic E-state index is 10.7. The van der Waals surface area contributed by atoms with Crippen molar-refractivity contribution in [1.82, 2.24) is 0 Å². The number of hydrogen-bond acceptors (Lipinski definition) is 1. The van der Waals surface area contributed by atoms with E-state index in [1.54, 1.807) is 6.92 Å². The van der Waals surface area contributed by atoms with Crippen molar-refractivity contribution in [3.05, 3.63) is 35.4 Å². The third kappa shape index (κ3) is 4.03. The Morgan fingerprint density at radius 2 is 2.00 bits per heavy atom. The van der Waals surface area contributed by atoms with E-state index in [1.807, 2.05) is 24.3 Å². The van der Waals surface area contributed by atoms with Crippen LogP contribution >= 0.6 is 0 Å². The van der Waals surface area contributed by atoms with Gasteiger partial charge in [0.25, 0.3) is 0 Å². The van der Waals surface area contributed by atoms with Crippen LogP contribution in [0.5, 0.6) is 0 Å². The van der Waals surface area contributed by atoms with Crippen LogP contribution in [0.15, 0.2) is 24.3 Å². The van der Waals surface area contributed by atoms with Gasteiger partial charge in [0.05, 0.1) is 0 Å². The van der Waals surface area contributed by atoms with Crippen LogP contribution in [0.1, 0.15) is 37.3 Å². The maximum atomic E-state index is 10.7. The summed E-state index contributed by atoms with van der Waals surface area (Å²) in [4.78, 5) is 10.7. The molecule has 80 valence electrons. The van der Waals surface area contributed by atoms with Crippen LogP contribution in [-0.4, -0.2) is 5.78 Å². The van der Waals surface area contributed by atoms with Gasteiger partial charge in [-0.1, -0.05) is 29.9 Å². The first kappa shape index (κ1) is 12.1. The number of unbranched alkanes of at least 4 members (excludes halogenated alkanes) is 1. The van der Waals surface area contributed by atoms with Gasteiger partial charge in [0.1, 0.15) is 5.78 Å². The Hall–Kier alpha value is -1.99. The molecule has 0 heterocycles. The van der Waals surface area contributed by atoms with Gasteiger partial charge in [-0.2, -0.15) is 0 Å². The van der Waals surface area contributed by atoms with Crippen LogP contribution in [-0.2, 0) is 4.79 Å². The fraction of sp³-hybridized carbons (Fsp3) is 0.267. The van der Waals surface area contributed by atoms with Gasteiger partial charge in [-0.05, 0) is 25.5 Å². The Kier molecular flexibility index (Phi) is 4.90. The molecule has 0 unspecified atom stereocenters. The zero-order valence-corrected chi connectivity index (χ0v) is 9.42. The highest BCUT2D eigenvalue weighted by atomic mass is 16.1. The lowest BCUT2D eigenvalue weighted by molar-refractivity contribution is -0.117. The van der Waals surface area contributed by atoms with Crippen LogP contribution in [0, 0.1) is 24.2 Å². The summed E-state index contributed by atoms with van der Waals surface area (Å²) in [7, 11) is 0. The lowest BCUT2D eigenvalue weighted by Crippen LogP contribution is -1.88. The van der Waals surface area contributed by atoms with Crippen molar-refractivity contribution in [2.75, 3.05) is 0 Å². The van der Waals surface area contributed by atoms with E-state index in [1.165, 1.54) is 0 Å². The summed E-state index contributed by atoms with van der Waals surface area (Å²) < 4.78 is 0. The number of hydrogen-bond donors (Lipinski definition) is 0. The molecule has 1 rings (SSSR count). The third-order valence-electron chi connectivity index (χ3n) is 2.14. The van der Waals surface area contributed by atoms with E-state index in [9.17, 15) is 4.79 Å². The summed E-state index contributed by atoms with van der Waals surface area (Å²) in [5.41, 5.74) is 1.70. The summed E-state index contributed by atoms with van der Waals surface area (Å²) in [6.45, 7) is 1.60. The fourth-order valence-corrected chi connectivity index (χ4v) is 1.30. The summed E-state index contributed by atoms with van der Waals surface area (Å²) in [6.07, 6.45) is 7.52. The number of rotatable bonds is 3. The monoisotopic (exact) mass is 210 g/mol. The van der Waals surface area contributed by atoms with E-state index in [2.05, 4.69) is 17.8 Å². The fourth-order valence-electron chi connectivity index (χ4n) is 1.30. The number of ketones is 1. The first-order chi connectivity index (χ1) is 7.74. The van der Waals surface area contributed by atoms with Gasteiger partial charge in [-0.25, -0.2) is 0 Å². The van der Waals surface area contributed by atoms with Gasteiger partial charge in [0.2, 0.25) is 0 Å². The van der Waals surface area contributed by atoms with Crippen LogP contribution in [0.2, 0.25) is 0 Å². The van der Waals surface area contributed by atoms with Gasteiger partial charge >= 0.3 is 0 Å². The number of carbonyl (C=O) groups excluding carboxylic acids is 1. The molecule has 1 nitrogen and oxygen atoms in total. The van der Waals surface area contributed by atoms with Crippen LogP contribution in [0.25, 0.3) is 0 Å². The predicted molar refractivity (Wildman–Crippen MR) is 65.8 cm³/mol. The molecule has 1 heteroatoms. The highest BCUT2D eigenvalue weighted by Gasteiger charge is 1.93. The Morgan fingerprint density at radius 3 is 2.62 bits per heavy atom. The van der Waals surface area contributed by atoms with Crippen molar-refractivity contribution >= 4 is 5.78 Å². The molecule has 0 aliphatic carbocycles. The second-order valence-electron chi connectivity index (χ2n) is 3.55. The molecule has 0 spiro atoms. The highest BCUT2D eigenvalue weighted by molar-refractivity contribution is 5.75. The number of terminal acetylenes is 1. The maximum Gasteiger partial charge on any atom is 0.129 e. The number of Topliss-reactive ketones (excluding diaryl/α,β-unsaturated/α-hetero) is 1. The van der Waals surface area contributed by atoms with E-state index in [-0.39, 0.29) is 5.78 Å². The first-order valence-corrected chi connectivity index (χ1v) is 5.28. The first-order valence-electron chi connectivity index (χ1n) is 5.28. The van der Waals surface area contributed by atoms with Gasteiger partial charge in [0.15, 0.2) is 0 Å². The van der Waals surface area contributed by atoms with E-state index < -0.39 is 0 Å². The predicted octanol–water partition coefficient (Wildman–Crippen LogP) is 2.78. The topological polar surface area (TPSA) is 17.1 Å². The Labute approximate surface area is 96.9 Å². The molecule has 1 aromatic carbocycles. The van der Waals surface area contributed by atoms with Gasteiger partial charge in [0, 0.05) is 24.0 Å². The number of benzene rings is 1. The van der Waals surface area contributed by atoms with Gasteiger partial charge in [-0.3, -0.25) is 0 Å². The normalized spacial score (nSPS) is 8.75. The molecule has 0 aliphatic rings. The molecule has 16 heavy (non-hydrogen) atoms. The molecular formula is C15H14O. The molecule has 0 aliphatic heterocycles. The molecule has 0 N–H and O–H groups in total. The van der Waals surface area contributed by atoms with Crippen LogP contribution in [0.4, 0.5) is 0 Å². The Morgan fingerprint density at radius 1 is 1.31 bits per heavy atom. The Bertz CT molecular complexity index is 466. The van der Waals surface area contributed by atoms with Crippen molar-refractivity contribution in [2.24, 2.45) is 0 Å². The zero-order valence-electron chi connectivity index (χ0n) is 9.42. The summed E-state index contributed by atoms with van der Waals surface area (Å²) in [5.74, 6) is 8.88. The van der Waals surface area contributed by atoms with E-state index in [0.717, 1.165) is 24.0 Å². The highest BCUT2D eigenvalue weighted by Crippen LogP contribution is 2.05. The minimum Gasteiger partial charge on any atom is -0.300 e. The molecule has 0 aromatic heterocycles. The van der Waals surface area contributed by atoms with E-state index >= 15 is 0 Å². The largest absolute Gasteiger partial charge is 0.300 e. The second kappa shape index (κ2) is 6.49. The SMILES string of the molecule is C#Cc1ccccc1C#CCCCC(C)=O. The Balaban J connectivity index is 2.57. The van der Waals surface area contributed by atoms with Crippen molar-refractivity contribution in [1.29, 1.82) is 0 Å².